The molecule has 10 aromatic carbocycles. The summed E-state index contributed by atoms with van der Waals surface area (Å²) in [5.41, 5.74) is 2.84. The van der Waals surface area contributed by atoms with Crippen LogP contribution in [0.1, 0.15) is 149 Å². The van der Waals surface area contributed by atoms with E-state index in [1.54, 1.807) is 55.5 Å². The summed E-state index contributed by atoms with van der Waals surface area (Å²) < 4.78 is 0. The van der Waals surface area contributed by atoms with Crippen LogP contribution in [0.2, 0.25) is 0 Å². The molecular formula is C61H44N4O8. The zero-order chi connectivity index (χ0) is 50.0. The van der Waals surface area contributed by atoms with Gasteiger partial charge in [0.1, 0.15) is 6.17 Å². The van der Waals surface area contributed by atoms with Crippen molar-refractivity contribution < 1.29 is 38.4 Å². The number of carbonyl (C=O) groups is 8. The highest BCUT2D eigenvalue weighted by Gasteiger charge is 2.47. The molecule has 0 aliphatic carbocycles. The lowest BCUT2D eigenvalue weighted by Gasteiger charge is -2.40. The first-order valence-corrected chi connectivity index (χ1v) is 25.4. The Morgan fingerprint density at radius 1 is 0.288 bits per heavy atom. The molecule has 12 nitrogen and oxygen atoms in total. The number of benzene rings is 10. The maximum absolute atomic E-state index is 15.1. The minimum absolute atomic E-state index is 0.0548. The van der Waals surface area contributed by atoms with Crippen molar-refractivity contribution in [1.29, 1.82) is 0 Å². The van der Waals surface area contributed by atoms with E-state index < -0.39 is 29.8 Å². The first-order valence-electron chi connectivity index (χ1n) is 25.4. The van der Waals surface area contributed by atoms with E-state index in [0.717, 1.165) is 102 Å². The molecule has 0 N–H and O–H groups in total. The maximum Gasteiger partial charge on any atom is 0.263 e. The van der Waals surface area contributed by atoms with Crippen molar-refractivity contribution in [3.63, 3.8) is 0 Å². The van der Waals surface area contributed by atoms with Gasteiger partial charge in [-0.3, -0.25) is 58.0 Å². The molecule has 10 aromatic rings. The number of amides is 8. The van der Waals surface area contributed by atoms with Gasteiger partial charge in [-0.1, -0.05) is 95.0 Å². The average molecular weight is 961 g/mol. The molecule has 0 spiro atoms. The third kappa shape index (κ3) is 5.34. The first kappa shape index (κ1) is 43.2. The zero-order valence-corrected chi connectivity index (χ0v) is 40.2. The fourth-order valence-corrected chi connectivity index (χ4v) is 13.1. The molecule has 4 aliphatic heterocycles. The van der Waals surface area contributed by atoms with Gasteiger partial charge in [0.05, 0.1) is 0 Å². The van der Waals surface area contributed by atoms with Crippen LogP contribution in [0.5, 0.6) is 0 Å². The van der Waals surface area contributed by atoms with E-state index in [9.17, 15) is 19.2 Å². The molecule has 0 unspecified atom stereocenters. The van der Waals surface area contributed by atoms with Gasteiger partial charge in [-0.05, 0) is 132 Å². The molecule has 356 valence electrons. The second-order valence-corrected chi connectivity index (χ2v) is 20.1. The van der Waals surface area contributed by atoms with Crippen LogP contribution < -0.4 is 0 Å². The molecule has 73 heavy (non-hydrogen) atoms. The largest absolute Gasteiger partial charge is 0.274 e. The Labute approximate surface area is 416 Å². The van der Waals surface area contributed by atoms with E-state index in [0.29, 0.717) is 67.7 Å². The molecule has 12 heteroatoms. The molecule has 0 fully saturated rings. The molecule has 4 heterocycles. The zero-order valence-electron chi connectivity index (χ0n) is 40.2. The third-order valence-electron chi connectivity index (χ3n) is 16.4. The summed E-state index contributed by atoms with van der Waals surface area (Å²) in [6.45, 7) is 6.57. The van der Waals surface area contributed by atoms with Gasteiger partial charge in [-0.25, -0.2) is 0 Å². The summed E-state index contributed by atoms with van der Waals surface area (Å²) in [6.07, 6.45) is 3.93. The van der Waals surface area contributed by atoms with E-state index in [-0.39, 0.29) is 52.3 Å². The van der Waals surface area contributed by atoms with Crippen LogP contribution >= 0.6 is 0 Å². The molecule has 0 bridgehead atoms. The van der Waals surface area contributed by atoms with E-state index >= 15 is 19.2 Å². The summed E-state index contributed by atoms with van der Waals surface area (Å²) >= 11 is 0. The standard InChI is InChI=1S/C61H44N4O8/c1-4-7-9-27-62-54(66)37-19-11-29-33-15-23-41-52-42(24-16-34(48(33)52)30-12-20-38(55(62)67)50(37)46(29)30)59(71)64(58(41)70)45(6-3)65-60(72)43-25-17-35-31-13-21-39-51-40(57(69)63(56(39)68)28-10-8-5-2)22-14-32(47(31)51)36-18-26-44(61(65)73)53(43)49(35)36/h11-26,45H,4-10,27-28H2,1-3H3. The van der Waals surface area contributed by atoms with Crippen molar-refractivity contribution in [2.75, 3.05) is 13.1 Å². The van der Waals surface area contributed by atoms with Gasteiger partial charge in [0.15, 0.2) is 0 Å². The van der Waals surface area contributed by atoms with Gasteiger partial charge in [0.25, 0.3) is 47.3 Å². The van der Waals surface area contributed by atoms with Crippen molar-refractivity contribution in [2.24, 2.45) is 0 Å². The third-order valence-corrected chi connectivity index (χ3v) is 16.4. The second kappa shape index (κ2) is 15.2. The fourth-order valence-electron chi connectivity index (χ4n) is 13.1. The van der Waals surface area contributed by atoms with Gasteiger partial charge >= 0.3 is 0 Å². The van der Waals surface area contributed by atoms with Gasteiger partial charge in [-0.2, -0.15) is 0 Å². The first-order chi connectivity index (χ1) is 35.5. The van der Waals surface area contributed by atoms with Gasteiger partial charge in [-0.15, -0.1) is 0 Å². The van der Waals surface area contributed by atoms with Crippen molar-refractivity contribution in [2.45, 2.75) is 71.9 Å². The molecule has 0 radical (unpaired) electrons. The maximum atomic E-state index is 15.1. The molecule has 14 rings (SSSR count). The van der Waals surface area contributed by atoms with E-state index in [1.807, 2.05) is 48.5 Å². The van der Waals surface area contributed by atoms with Crippen LogP contribution in [0, 0.1) is 0 Å². The Morgan fingerprint density at radius 3 is 0.712 bits per heavy atom. The number of hydrogen-bond donors (Lipinski definition) is 0. The van der Waals surface area contributed by atoms with Gasteiger partial charge in [0, 0.05) is 79.1 Å². The number of hydrogen-bond acceptors (Lipinski definition) is 8. The highest BCUT2D eigenvalue weighted by Crippen LogP contribution is 2.49. The van der Waals surface area contributed by atoms with Gasteiger partial charge in [0.2, 0.25) is 0 Å². The normalized spacial score (nSPS) is 15.8. The van der Waals surface area contributed by atoms with Crippen LogP contribution in [-0.4, -0.2) is 86.1 Å². The number of unbranched alkanes of at least 4 members (excludes halogenated alkanes) is 4. The van der Waals surface area contributed by atoms with E-state index in [4.69, 9.17) is 0 Å². The average Bonchev–Trinajstić information content (AvgIpc) is 3.40. The van der Waals surface area contributed by atoms with E-state index in [1.165, 1.54) is 9.80 Å². The Kier molecular flexibility index (Phi) is 8.98. The predicted molar refractivity (Wildman–Crippen MR) is 280 cm³/mol. The lowest BCUT2D eigenvalue weighted by molar-refractivity contribution is 0.0225. The molecule has 0 saturated heterocycles. The Morgan fingerprint density at radius 2 is 0.507 bits per heavy atom. The monoisotopic (exact) mass is 960 g/mol. The molecule has 4 aliphatic rings. The smallest absolute Gasteiger partial charge is 0.263 e. The topological polar surface area (TPSA) is 150 Å². The summed E-state index contributed by atoms with van der Waals surface area (Å²) in [7, 11) is 0. The summed E-state index contributed by atoms with van der Waals surface area (Å²) in [6, 6.07) is 28.8. The minimum atomic E-state index is -1.28. The Bertz CT molecular complexity index is 3810. The number of fused-ring (bicyclic) bond motifs is 4. The van der Waals surface area contributed by atoms with Crippen LogP contribution in [0.25, 0.3) is 86.2 Å². The number of imide groups is 4. The highest BCUT2D eigenvalue weighted by atomic mass is 16.2. The predicted octanol–water partition coefficient (Wildman–Crippen LogP) is 12.0. The molecule has 0 saturated carbocycles. The van der Waals surface area contributed by atoms with Gasteiger partial charge < -0.3 is 0 Å². The van der Waals surface area contributed by atoms with Crippen molar-refractivity contribution in [1.82, 2.24) is 19.6 Å². The van der Waals surface area contributed by atoms with Crippen LogP contribution in [0.3, 0.4) is 0 Å². The summed E-state index contributed by atoms with van der Waals surface area (Å²) in [4.78, 5) is 121. The molecule has 8 amide bonds. The second-order valence-electron chi connectivity index (χ2n) is 20.1. The Hall–Kier alpha value is -8.64. The SMILES string of the molecule is CCCCCN1C(=O)c2ccc3c4ccc5c6c(ccc(c7ccc(c2c37)C1=O)c64)C(=O)N(C(CC)N1C(=O)c2ccc3c4ccc6c7c(ccc(c8ccc(c2c38)C1=O)c74)C(=O)N(CCCCC)C6=O)C5=O. The molecule has 0 atom stereocenters. The molecular weight excluding hydrogens is 917 g/mol. The van der Waals surface area contributed by atoms with Crippen molar-refractivity contribution >= 4 is 133 Å². The summed E-state index contributed by atoms with van der Waals surface area (Å²) in [5.74, 6) is -3.84. The van der Waals surface area contributed by atoms with Crippen molar-refractivity contribution in [3.8, 4) is 0 Å². The van der Waals surface area contributed by atoms with Crippen molar-refractivity contribution in [3.05, 3.63) is 142 Å². The lowest BCUT2D eigenvalue weighted by Crippen LogP contribution is -2.59. The minimum Gasteiger partial charge on any atom is -0.274 e. The fraction of sp³-hybridized carbons (Fsp3) is 0.213. The van der Waals surface area contributed by atoms with Crippen LogP contribution in [0.4, 0.5) is 0 Å². The number of nitrogens with zero attached hydrogens (tertiary/aromatic N) is 4. The summed E-state index contributed by atoms with van der Waals surface area (Å²) in [5, 5.41) is 11.2. The Balaban J connectivity index is 0.860. The number of rotatable bonds is 11. The highest BCUT2D eigenvalue weighted by molar-refractivity contribution is 6.43. The lowest BCUT2D eigenvalue weighted by atomic mass is 9.81. The van der Waals surface area contributed by atoms with Crippen LogP contribution in [-0.2, 0) is 0 Å². The van der Waals surface area contributed by atoms with E-state index in [2.05, 4.69) is 13.8 Å². The number of carbonyl (C=O) groups excluding carboxylic acids is 8. The van der Waals surface area contributed by atoms with Crippen LogP contribution in [0.15, 0.2) is 97.1 Å². The molecule has 0 aromatic heterocycles. The quantitative estimate of drug-likeness (QED) is 0.0538.